The molecule has 0 saturated carbocycles. The van der Waals surface area contributed by atoms with E-state index in [9.17, 15) is 9.59 Å². The van der Waals surface area contributed by atoms with E-state index in [1.54, 1.807) is 42.5 Å². The number of benzene rings is 2. The lowest BCUT2D eigenvalue weighted by molar-refractivity contribution is -0.123. The number of carbonyl (C=O) groups excluding carboxylic acids is 2. The summed E-state index contributed by atoms with van der Waals surface area (Å²) in [6, 6.07) is 13.3. The van der Waals surface area contributed by atoms with E-state index in [0.717, 1.165) is 0 Å². The van der Waals surface area contributed by atoms with Crippen LogP contribution in [0.25, 0.3) is 11.0 Å². The topological polar surface area (TPSA) is 68.5 Å². The number of ether oxygens (including phenoxy) is 1. The van der Waals surface area contributed by atoms with Crippen LogP contribution in [0.3, 0.4) is 0 Å². The van der Waals surface area contributed by atoms with Crippen LogP contribution in [0.15, 0.2) is 52.9 Å². The third-order valence-corrected chi connectivity index (χ3v) is 4.03. The maximum absolute atomic E-state index is 12.2. The molecule has 128 valence electrons. The lowest BCUT2D eigenvalue weighted by Crippen LogP contribution is -2.30. The van der Waals surface area contributed by atoms with Crippen LogP contribution in [0.5, 0.6) is 0 Å². The van der Waals surface area contributed by atoms with Gasteiger partial charge >= 0.3 is 5.97 Å². The second kappa shape index (κ2) is 7.17. The summed E-state index contributed by atoms with van der Waals surface area (Å²) >= 11 is 11.9. The van der Waals surface area contributed by atoms with Gasteiger partial charge in [0, 0.05) is 10.4 Å². The predicted molar refractivity (Wildman–Crippen MR) is 96.2 cm³/mol. The summed E-state index contributed by atoms with van der Waals surface area (Å²) in [6.45, 7) is 1.46. The number of halogens is 2. The van der Waals surface area contributed by atoms with Gasteiger partial charge in [-0.15, -0.1) is 0 Å². The highest BCUT2D eigenvalue weighted by molar-refractivity contribution is 6.33. The van der Waals surface area contributed by atoms with E-state index >= 15 is 0 Å². The highest BCUT2D eigenvalue weighted by Gasteiger charge is 2.22. The number of esters is 1. The van der Waals surface area contributed by atoms with Crippen LogP contribution in [0.1, 0.15) is 17.5 Å². The van der Waals surface area contributed by atoms with Gasteiger partial charge in [0.05, 0.1) is 10.7 Å². The van der Waals surface area contributed by atoms with Gasteiger partial charge in [0.1, 0.15) is 5.58 Å². The molecule has 1 amide bonds. The van der Waals surface area contributed by atoms with Gasteiger partial charge in [-0.3, -0.25) is 4.79 Å². The van der Waals surface area contributed by atoms with E-state index in [4.69, 9.17) is 32.4 Å². The fourth-order valence-electron chi connectivity index (χ4n) is 2.18. The molecule has 1 atom stereocenters. The first-order valence-electron chi connectivity index (χ1n) is 7.39. The zero-order chi connectivity index (χ0) is 18.0. The molecule has 0 bridgehead atoms. The molecule has 0 aliphatic heterocycles. The van der Waals surface area contributed by atoms with E-state index < -0.39 is 18.0 Å². The lowest BCUT2D eigenvalue weighted by atomic mass is 10.2. The number of fused-ring (bicyclic) bond motifs is 1. The second-order valence-corrected chi connectivity index (χ2v) is 6.15. The summed E-state index contributed by atoms with van der Waals surface area (Å²) in [5.74, 6) is -1.25. The molecule has 5 nitrogen and oxygen atoms in total. The van der Waals surface area contributed by atoms with Crippen molar-refractivity contribution < 1.29 is 18.7 Å². The molecule has 1 aromatic heterocycles. The Morgan fingerprint density at radius 2 is 1.88 bits per heavy atom. The molecular weight excluding hydrogens is 365 g/mol. The molecule has 3 aromatic rings. The standard InChI is InChI=1S/C18H13Cl2NO4/c1-10(17(22)21-14-5-3-2-4-13(14)20)24-18(23)16-9-11-8-12(19)6-7-15(11)25-16/h2-10H,1H3,(H,21,22)/t10-/m0/s1. The smallest absolute Gasteiger partial charge is 0.375 e. The minimum Gasteiger partial charge on any atom is -0.449 e. The van der Waals surface area contributed by atoms with Gasteiger partial charge in [0.15, 0.2) is 6.10 Å². The zero-order valence-corrected chi connectivity index (χ0v) is 14.6. The second-order valence-electron chi connectivity index (χ2n) is 5.31. The Balaban J connectivity index is 1.68. The van der Waals surface area contributed by atoms with Crippen LogP contribution in [-0.4, -0.2) is 18.0 Å². The molecule has 0 aliphatic rings. The highest BCUT2D eigenvalue weighted by atomic mass is 35.5. The SMILES string of the molecule is C[C@H](OC(=O)c1cc2cc(Cl)ccc2o1)C(=O)Nc1ccccc1Cl. The Labute approximate surface area is 153 Å². The number of para-hydroxylation sites is 1. The van der Waals surface area contributed by atoms with Crippen LogP contribution in [0, 0.1) is 0 Å². The largest absolute Gasteiger partial charge is 0.449 e. The van der Waals surface area contributed by atoms with E-state index in [0.29, 0.717) is 26.7 Å². The van der Waals surface area contributed by atoms with Crippen molar-refractivity contribution in [3.63, 3.8) is 0 Å². The van der Waals surface area contributed by atoms with Crippen molar-refractivity contribution in [2.24, 2.45) is 0 Å². The molecule has 0 radical (unpaired) electrons. The number of anilines is 1. The van der Waals surface area contributed by atoms with Crippen LogP contribution in [-0.2, 0) is 9.53 Å². The average Bonchev–Trinajstić information content (AvgIpc) is 3.00. The van der Waals surface area contributed by atoms with Gasteiger partial charge in [0.2, 0.25) is 5.76 Å². The Morgan fingerprint density at radius 1 is 1.12 bits per heavy atom. The minimum atomic E-state index is -1.03. The van der Waals surface area contributed by atoms with E-state index in [2.05, 4.69) is 5.32 Å². The first-order valence-corrected chi connectivity index (χ1v) is 8.15. The van der Waals surface area contributed by atoms with Crippen LogP contribution >= 0.6 is 23.2 Å². The van der Waals surface area contributed by atoms with Crippen LogP contribution < -0.4 is 5.32 Å². The first-order chi connectivity index (χ1) is 11.9. The highest BCUT2D eigenvalue weighted by Crippen LogP contribution is 2.24. The van der Waals surface area contributed by atoms with Gasteiger partial charge in [-0.1, -0.05) is 35.3 Å². The molecule has 7 heteroatoms. The van der Waals surface area contributed by atoms with Gasteiger partial charge in [-0.05, 0) is 43.3 Å². The number of nitrogens with one attached hydrogen (secondary N) is 1. The van der Waals surface area contributed by atoms with E-state index in [-0.39, 0.29) is 5.76 Å². The Kier molecular flexibility index (Phi) is 4.97. The maximum atomic E-state index is 12.2. The summed E-state index contributed by atoms with van der Waals surface area (Å²) in [4.78, 5) is 24.3. The monoisotopic (exact) mass is 377 g/mol. The number of hydrogen-bond donors (Lipinski definition) is 1. The molecule has 0 unspecified atom stereocenters. The summed E-state index contributed by atoms with van der Waals surface area (Å²) < 4.78 is 10.6. The number of hydrogen-bond acceptors (Lipinski definition) is 4. The third-order valence-electron chi connectivity index (χ3n) is 3.46. The summed E-state index contributed by atoms with van der Waals surface area (Å²) in [6.07, 6.45) is -1.03. The molecule has 3 rings (SSSR count). The Morgan fingerprint density at radius 3 is 2.64 bits per heavy atom. The number of furan rings is 1. The summed E-state index contributed by atoms with van der Waals surface area (Å²) in [5.41, 5.74) is 0.944. The van der Waals surface area contributed by atoms with Crippen molar-refractivity contribution >= 4 is 51.7 Å². The maximum Gasteiger partial charge on any atom is 0.375 e. The van der Waals surface area contributed by atoms with Crippen molar-refractivity contribution in [2.45, 2.75) is 13.0 Å². The number of rotatable bonds is 4. The number of amides is 1. The third kappa shape index (κ3) is 3.95. The van der Waals surface area contributed by atoms with E-state index in [1.165, 1.54) is 13.0 Å². The Hall–Kier alpha value is -2.50. The zero-order valence-electron chi connectivity index (χ0n) is 13.1. The summed E-state index contributed by atoms with van der Waals surface area (Å²) in [5, 5.41) is 4.20. The molecule has 0 fully saturated rings. The fraction of sp³-hybridized carbons (Fsp3) is 0.111. The molecule has 0 saturated heterocycles. The number of carbonyl (C=O) groups is 2. The first kappa shape index (κ1) is 17.3. The molecular formula is C18H13Cl2NO4. The minimum absolute atomic E-state index is 0.00494. The average molecular weight is 378 g/mol. The normalized spacial score (nSPS) is 12.0. The molecule has 1 heterocycles. The van der Waals surface area contributed by atoms with Gasteiger partial charge in [0.25, 0.3) is 5.91 Å². The quantitative estimate of drug-likeness (QED) is 0.654. The van der Waals surface area contributed by atoms with Gasteiger partial charge < -0.3 is 14.5 Å². The molecule has 1 N–H and O–H groups in total. The molecule has 0 aliphatic carbocycles. The van der Waals surface area contributed by atoms with Gasteiger partial charge in [-0.2, -0.15) is 0 Å². The molecule has 0 spiro atoms. The van der Waals surface area contributed by atoms with Crippen molar-refractivity contribution in [3.05, 3.63) is 64.3 Å². The summed E-state index contributed by atoms with van der Waals surface area (Å²) in [7, 11) is 0. The Bertz CT molecular complexity index is 951. The van der Waals surface area contributed by atoms with E-state index in [1.807, 2.05) is 0 Å². The fourth-order valence-corrected chi connectivity index (χ4v) is 2.55. The van der Waals surface area contributed by atoms with Crippen LogP contribution in [0.4, 0.5) is 5.69 Å². The van der Waals surface area contributed by atoms with Gasteiger partial charge in [-0.25, -0.2) is 4.79 Å². The van der Waals surface area contributed by atoms with Crippen molar-refractivity contribution in [1.82, 2.24) is 0 Å². The molecule has 25 heavy (non-hydrogen) atoms. The van der Waals surface area contributed by atoms with Crippen molar-refractivity contribution in [2.75, 3.05) is 5.32 Å². The predicted octanol–water partition coefficient (Wildman–Crippen LogP) is 4.92. The van der Waals surface area contributed by atoms with Crippen molar-refractivity contribution in [3.8, 4) is 0 Å². The lowest BCUT2D eigenvalue weighted by Gasteiger charge is -2.13. The van der Waals surface area contributed by atoms with Crippen LogP contribution in [0.2, 0.25) is 10.0 Å². The van der Waals surface area contributed by atoms with Crippen molar-refractivity contribution in [1.29, 1.82) is 0 Å². The molecule has 2 aromatic carbocycles.